The van der Waals surface area contributed by atoms with Gasteiger partial charge >= 0.3 is 0 Å². The van der Waals surface area contributed by atoms with Crippen molar-refractivity contribution in [3.8, 4) is 0 Å². The van der Waals surface area contributed by atoms with Crippen LogP contribution in [0.4, 0.5) is 5.82 Å². The number of methoxy groups -OCH3 is 1. The minimum Gasteiger partial charge on any atom is -0.382 e. The molecule has 0 bridgehead atoms. The number of amides is 1. The van der Waals surface area contributed by atoms with E-state index in [1.54, 1.807) is 28.5 Å². The minimum atomic E-state index is -3.75. The molecule has 1 aliphatic carbocycles. The van der Waals surface area contributed by atoms with Crippen LogP contribution in [0, 0.1) is 0 Å². The van der Waals surface area contributed by atoms with Crippen LogP contribution in [0.25, 0.3) is 5.52 Å². The largest absolute Gasteiger partial charge is 0.382 e. The number of hydrogen-bond acceptors (Lipinski definition) is 8. The third-order valence-corrected chi connectivity index (χ3v) is 8.52. The van der Waals surface area contributed by atoms with E-state index >= 15 is 0 Å². The Morgan fingerprint density at radius 3 is 2.71 bits per heavy atom. The number of ether oxygens (including phenoxy) is 3. The Morgan fingerprint density at radius 2 is 2.03 bits per heavy atom. The maximum atomic E-state index is 13.5. The first-order valence-corrected chi connectivity index (χ1v) is 13.5. The maximum Gasteiger partial charge on any atom is 0.290 e. The van der Waals surface area contributed by atoms with Crippen LogP contribution in [-0.4, -0.2) is 99.5 Å². The molecule has 5 rings (SSSR count). The molecular formula is C23H33N5O6S. The number of sulfonamides is 1. The van der Waals surface area contributed by atoms with Gasteiger partial charge in [0.15, 0.2) is 5.82 Å². The molecule has 0 radical (unpaired) electrons. The van der Waals surface area contributed by atoms with E-state index in [9.17, 15) is 13.2 Å². The van der Waals surface area contributed by atoms with E-state index in [-0.39, 0.29) is 28.8 Å². The summed E-state index contributed by atoms with van der Waals surface area (Å²) in [4.78, 5) is 22.2. The Balaban J connectivity index is 1.58. The van der Waals surface area contributed by atoms with E-state index in [0.29, 0.717) is 57.4 Å². The number of carbonyl (C=O) groups is 1. The van der Waals surface area contributed by atoms with E-state index in [0.717, 1.165) is 12.8 Å². The standard InChI is InChI=1S/C23H33N5O6S/c1-16-14-34-17(15-32-3)12-27(16)20-19-5-4-18(35(30,31)25-23(2)6-7-23)13-28(19)21(24-20)22(29)26-8-10-33-11-9-26/h4-5,13,16-17,25H,6-12,14-15H2,1-3H3. The van der Waals surface area contributed by atoms with Crippen molar-refractivity contribution in [3.05, 3.63) is 24.2 Å². The molecule has 192 valence electrons. The normalized spacial score (nSPS) is 24.7. The first kappa shape index (κ1) is 24.4. The van der Waals surface area contributed by atoms with E-state index < -0.39 is 15.6 Å². The zero-order chi connectivity index (χ0) is 24.8. The third kappa shape index (κ3) is 4.90. The average Bonchev–Trinajstić information content (AvgIpc) is 3.44. The van der Waals surface area contributed by atoms with Crippen molar-refractivity contribution in [3.63, 3.8) is 0 Å². The first-order valence-electron chi connectivity index (χ1n) is 12.0. The second-order valence-electron chi connectivity index (χ2n) is 9.86. The Morgan fingerprint density at radius 1 is 1.29 bits per heavy atom. The van der Waals surface area contributed by atoms with Gasteiger partial charge in [-0.05, 0) is 38.8 Å². The average molecular weight is 508 g/mol. The predicted molar refractivity (Wildman–Crippen MR) is 128 cm³/mol. The lowest BCUT2D eigenvalue weighted by Gasteiger charge is -2.38. The van der Waals surface area contributed by atoms with Crippen LogP contribution in [-0.2, 0) is 24.2 Å². The molecule has 4 heterocycles. The Labute approximate surface area is 205 Å². The molecule has 0 spiro atoms. The molecule has 3 fully saturated rings. The van der Waals surface area contributed by atoms with Gasteiger partial charge in [-0.15, -0.1) is 0 Å². The number of morpholine rings is 2. The summed E-state index contributed by atoms with van der Waals surface area (Å²) in [6.45, 7) is 7.27. The van der Waals surface area contributed by atoms with Crippen LogP contribution in [0.15, 0.2) is 23.2 Å². The Bertz CT molecular complexity index is 1200. The zero-order valence-corrected chi connectivity index (χ0v) is 21.2. The summed E-state index contributed by atoms with van der Waals surface area (Å²) < 4.78 is 47.1. The highest BCUT2D eigenvalue weighted by Crippen LogP contribution is 2.36. The van der Waals surface area contributed by atoms with E-state index in [2.05, 4.69) is 9.62 Å². The van der Waals surface area contributed by atoms with Crippen LogP contribution in [0.2, 0.25) is 0 Å². The van der Waals surface area contributed by atoms with Crippen molar-refractivity contribution in [2.24, 2.45) is 0 Å². The third-order valence-electron chi connectivity index (χ3n) is 6.90. The molecule has 1 saturated carbocycles. The van der Waals surface area contributed by atoms with Gasteiger partial charge < -0.3 is 24.0 Å². The van der Waals surface area contributed by atoms with Gasteiger partial charge in [0.1, 0.15) is 0 Å². The van der Waals surface area contributed by atoms with E-state index in [1.807, 2.05) is 13.8 Å². The highest BCUT2D eigenvalue weighted by molar-refractivity contribution is 7.89. The van der Waals surface area contributed by atoms with Crippen molar-refractivity contribution >= 4 is 27.3 Å². The number of rotatable bonds is 7. The van der Waals surface area contributed by atoms with Gasteiger partial charge in [0.25, 0.3) is 5.91 Å². The molecule has 2 atom stereocenters. The van der Waals surface area contributed by atoms with Gasteiger partial charge in [0.05, 0.1) is 49.0 Å². The summed E-state index contributed by atoms with van der Waals surface area (Å²) in [5.41, 5.74) is 0.267. The molecule has 1 amide bonds. The number of fused-ring (bicyclic) bond motifs is 1. The maximum absolute atomic E-state index is 13.5. The fraction of sp³-hybridized carbons (Fsp3) is 0.652. The molecular weight excluding hydrogens is 474 g/mol. The van der Waals surface area contributed by atoms with Gasteiger partial charge in [0.2, 0.25) is 15.8 Å². The number of nitrogens with one attached hydrogen (secondary N) is 1. The molecule has 2 aromatic rings. The van der Waals surface area contributed by atoms with Crippen LogP contribution >= 0.6 is 0 Å². The van der Waals surface area contributed by atoms with Gasteiger partial charge in [0, 0.05) is 38.5 Å². The summed E-state index contributed by atoms with van der Waals surface area (Å²) >= 11 is 0. The van der Waals surface area contributed by atoms with Crippen LogP contribution in [0.5, 0.6) is 0 Å². The number of pyridine rings is 1. The summed E-state index contributed by atoms with van der Waals surface area (Å²) in [5, 5.41) is 0. The summed E-state index contributed by atoms with van der Waals surface area (Å²) in [6, 6.07) is 3.33. The van der Waals surface area contributed by atoms with Gasteiger partial charge in [-0.1, -0.05) is 0 Å². The summed E-state index contributed by atoms with van der Waals surface area (Å²) in [5.74, 6) is 0.568. The smallest absolute Gasteiger partial charge is 0.290 e. The number of anilines is 1. The zero-order valence-electron chi connectivity index (χ0n) is 20.4. The van der Waals surface area contributed by atoms with Gasteiger partial charge in [-0.3, -0.25) is 9.20 Å². The monoisotopic (exact) mass is 507 g/mol. The molecule has 3 aliphatic rings. The lowest BCUT2D eigenvalue weighted by atomic mass is 10.2. The van der Waals surface area contributed by atoms with E-state index in [4.69, 9.17) is 19.2 Å². The van der Waals surface area contributed by atoms with Crippen molar-refractivity contribution in [2.45, 2.75) is 49.3 Å². The Hall–Kier alpha value is -2.25. The predicted octanol–water partition coefficient (Wildman–Crippen LogP) is 0.878. The minimum absolute atomic E-state index is 0.0213. The highest BCUT2D eigenvalue weighted by atomic mass is 32.2. The first-order chi connectivity index (χ1) is 16.7. The molecule has 11 nitrogen and oxygen atoms in total. The SMILES string of the molecule is COCC1CN(c2nc(C(=O)N3CCOCC3)n3cc(S(=O)(=O)NC4(C)CC4)ccc23)C(C)CO1. The van der Waals surface area contributed by atoms with Crippen molar-refractivity contribution in [2.75, 3.05) is 58.1 Å². The van der Waals surface area contributed by atoms with Gasteiger partial charge in [-0.25, -0.2) is 18.1 Å². The lowest BCUT2D eigenvalue weighted by molar-refractivity contribution is -0.0223. The van der Waals surface area contributed by atoms with Crippen LogP contribution < -0.4 is 9.62 Å². The molecule has 12 heteroatoms. The fourth-order valence-corrected chi connectivity index (χ4v) is 6.01. The molecule has 2 unspecified atom stereocenters. The quantitative estimate of drug-likeness (QED) is 0.587. The van der Waals surface area contributed by atoms with Crippen LogP contribution in [0.3, 0.4) is 0 Å². The summed E-state index contributed by atoms with van der Waals surface area (Å²) in [7, 11) is -2.12. The van der Waals surface area contributed by atoms with Crippen molar-refractivity contribution < 1.29 is 27.4 Å². The van der Waals surface area contributed by atoms with Gasteiger partial charge in [-0.2, -0.15) is 0 Å². The second kappa shape index (κ2) is 9.32. The number of imidazole rings is 1. The fourth-order valence-electron chi connectivity index (χ4n) is 4.55. The molecule has 35 heavy (non-hydrogen) atoms. The van der Waals surface area contributed by atoms with E-state index in [1.165, 1.54) is 6.20 Å². The van der Waals surface area contributed by atoms with Crippen molar-refractivity contribution in [1.82, 2.24) is 19.0 Å². The van der Waals surface area contributed by atoms with Crippen molar-refractivity contribution in [1.29, 1.82) is 0 Å². The number of aromatic nitrogens is 2. The molecule has 0 aromatic carbocycles. The topological polar surface area (TPSA) is 115 Å². The number of hydrogen-bond donors (Lipinski definition) is 1. The Kier molecular flexibility index (Phi) is 6.51. The molecule has 2 aromatic heterocycles. The van der Waals surface area contributed by atoms with Crippen LogP contribution in [0.1, 0.15) is 37.3 Å². The molecule has 2 saturated heterocycles. The second-order valence-corrected chi connectivity index (χ2v) is 11.5. The number of nitrogens with zero attached hydrogens (tertiary/aromatic N) is 4. The lowest BCUT2D eigenvalue weighted by Crippen LogP contribution is -2.50. The number of carbonyl (C=O) groups excluding carboxylic acids is 1. The highest BCUT2D eigenvalue weighted by Gasteiger charge is 2.41. The summed E-state index contributed by atoms with van der Waals surface area (Å²) in [6.07, 6.45) is 2.99. The molecule has 1 N–H and O–H groups in total. The molecule has 2 aliphatic heterocycles.